The Morgan fingerprint density at radius 1 is 1.23 bits per heavy atom. The SMILES string of the molecule is CNCCN(CC(=O)O)CC(=O)O. The lowest BCUT2D eigenvalue weighted by molar-refractivity contribution is -0.141. The lowest BCUT2D eigenvalue weighted by Gasteiger charge is -2.16. The first kappa shape index (κ1) is 11.9. The monoisotopic (exact) mass is 190 g/mol. The van der Waals surface area contributed by atoms with Gasteiger partial charge in [0.15, 0.2) is 0 Å². The molecule has 0 heterocycles. The Labute approximate surface area is 76.2 Å². The van der Waals surface area contributed by atoms with Crippen molar-refractivity contribution < 1.29 is 19.8 Å². The molecule has 0 fully saturated rings. The van der Waals surface area contributed by atoms with Gasteiger partial charge in [-0.05, 0) is 7.05 Å². The standard InChI is InChI=1S/C7H14N2O4/c1-8-2-3-9(4-6(10)11)5-7(12)13/h8H,2-5H2,1H3,(H,10,11)(H,12,13). The number of carbonyl (C=O) groups is 2. The highest BCUT2D eigenvalue weighted by Crippen LogP contribution is 1.86. The molecule has 0 aromatic rings. The predicted octanol–water partition coefficient (Wildman–Crippen LogP) is -1.32. The van der Waals surface area contributed by atoms with Crippen molar-refractivity contribution in [1.29, 1.82) is 0 Å². The molecule has 6 nitrogen and oxygen atoms in total. The molecule has 13 heavy (non-hydrogen) atoms. The van der Waals surface area contributed by atoms with E-state index in [1.807, 2.05) is 0 Å². The molecule has 0 atom stereocenters. The van der Waals surface area contributed by atoms with Crippen LogP contribution >= 0.6 is 0 Å². The third kappa shape index (κ3) is 7.23. The van der Waals surface area contributed by atoms with Crippen LogP contribution in [0.3, 0.4) is 0 Å². The molecule has 0 amide bonds. The van der Waals surface area contributed by atoms with Gasteiger partial charge in [-0.25, -0.2) is 0 Å². The zero-order valence-corrected chi connectivity index (χ0v) is 7.49. The van der Waals surface area contributed by atoms with E-state index in [1.165, 1.54) is 4.90 Å². The number of hydrogen-bond acceptors (Lipinski definition) is 4. The molecule has 0 unspecified atom stereocenters. The Kier molecular flexibility index (Phi) is 5.82. The molecule has 0 aromatic carbocycles. The normalized spacial score (nSPS) is 10.3. The summed E-state index contributed by atoms with van der Waals surface area (Å²) in [5.74, 6) is -2.03. The second kappa shape index (κ2) is 6.38. The Morgan fingerprint density at radius 2 is 1.69 bits per heavy atom. The molecule has 0 bridgehead atoms. The van der Waals surface area contributed by atoms with Crippen molar-refractivity contribution >= 4 is 11.9 Å². The van der Waals surface area contributed by atoms with Crippen molar-refractivity contribution in [2.24, 2.45) is 0 Å². The summed E-state index contributed by atoms with van der Waals surface area (Å²) in [6.07, 6.45) is 0. The van der Waals surface area contributed by atoms with Crippen molar-refractivity contribution in [3.8, 4) is 0 Å². The van der Waals surface area contributed by atoms with Crippen LogP contribution in [0.5, 0.6) is 0 Å². The number of rotatable bonds is 7. The van der Waals surface area contributed by atoms with Gasteiger partial charge in [-0.1, -0.05) is 0 Å². The zero-order valence-electron chi connectivity index (χ0n) is 7.49. The molecule has 0 aliphatic heterocycles. The molecule has 0 radical (unpaired) electrons. The Balaban J connectivity index is 3.87. The van der Waals surface area contributed by atoms with E-state index < -0.39 is 11.9 Å². The molecule has 0 spiro atoms. The summed E-state index contributed by atoms with van der Waals surface area (Å²) in [4.78, 5) is 21.9. The van der Waals surface area contributed by atoms with Crippen molar-refractivity contribution in [2.45, 2.75) is 0 Å². The molecule has 3 N–H and O–H groups in total. The van der Waals surface area contributed by atoms with Crippen LogP contribution in [0.25, 0.3) is 0 Å². The van der Waals surface area contributed by atoms with E-state index in [2.05, 4.69) is 5.32 Å². The van der Waals surface area contributed by atoms with Gasteiger partial charge in [0.25, 0.3) is 0 Å². The smallest absolute Gasteiger partial charge is 0.317 e. The van der Waals surface area contributed by atoms with Gasteiger partial charge in [0.05, 0.1) is 13.1 Å². The molecule has 0 aromatic heterocycles. The molecule has 0 saturated heterocycles. The minimum atomic E-state index is -1.02. The van der Waals surface area contributed by atoms with E-state index >= 15 is 0 Å². The minimum Gasteiger partial charge on any atom is -0.480 e. The van der Waals surface area contributed by atoms with Crippen LogP contribution in [-0.2, 0) is 9.59 Å². The number of carboxylic acid groups (broad SMARTS) is 2. The first-order valence-electron chi connectivity index (χ1n) is 3.86. The lowest BCUT2D eigenvalue weighted by Crippen LogP contribution is -2.38. The first-order valence-corrected chi connectivity index (χ1v) is 3.86. The van der Waals surface area contributed by atoms with Gasteiger partial charge in [0.1, 0.15) is 0 Å². The maximum atomic E-state index is 10.3. The van der Waals surface area contributed by atoms with Gasteiger partial charge in [0, 0.05) is 13.1 Å². The van der Waals surface area contributed by atoms with E-state index in [0.29, 0.717) is 13.1 Å². The molecular weight excluding hydrogens is 176 g/mol. The van der Waals surface area contributed by atoms with E-state index in [-0.39, 0.29) is 13.1 Å². The van der Waals surface area contributed by atoms with Gasteiger partial charge in [-0.3, -0.25) is 14.5 Å². The molecule has 0 saturated carbocycles. The largest absolute Gasteiger partial charge is 0.480 e. The second-order valence-corrected chi connectivity index (χ2v) is 2.60. The summed E-state index contributed by atoms with van der Waals surface area (Å²) < 4.78 is 0. The molecule has 0 aliphatic rings. The lowest BCUT2D eigenvalue weighted by atomic mass is 10.4. The fourth-order valence-electron chi connectivity index (χ4n) is 0.867. The number of carboxylic acids is 2. The summed E-state index contributed by atoms with van der Waals surface area (Å²) in [6.45, 7) is 0.498. The summed E-state index contributed by atoms with van der Waals surface area (Å²) in [5.41, 5.74) is 0. The van der Waals surface area contributed by atoms with Gasteiger partial charge >= 0.3 is 11.9 Å². The number of nitrogens with zero attached hydrogens (tertiary/aromatic N) is 1. The second-order valence-electron chi connectivity index (χ2n) is 2.60. The number of hydrogen-bond donors (Lipinski definition) is 3. The summed E-state index contributed by atoms with van der Waals surface area (Å²) in [7, 11) is 1.72. The average molecular weight is 190 g/mol. The molecule has 0 aliphatic carbocycles. The highest BCUT2D eigenvalue weighted by Gasteiger charge is 2.11. The van der Waals surface area contributed by atoms with Crippen LogP contribution in [0.4, 0.5) is 0 Å². The predicted molar refractivity (Wildman–Crippen MR) is 45.6 cm³/mol. The van der Waals surface area contributed by atoms with Crippen LogP contribution < -0.4 is 5.32 Å². The van der Waals surface area contributed by atoms with Gasteiger partial charge in [0.2, 0.25) is 0 Å². The van der Waals surface area contributed by atoms with Crippen LogP contribution in [0.1, 0.15) is 0 Å². The van der Waals surface area contributed by atoms with Crippen LogP contribution in [0.15, 0.2) is 0 Å². The molecule has 0 rings (SSSR count). The first-order chi connectivity index (χ1) is 6.06. The van der Waals surface area contributed by atoms with E-state index in [0.717, 1.165) is 0 Å². The average Bonchev–Trinajstić information content (AvgIpc) is 1.98. The third-order valence-corrected chi connectivity index (χ3v) is 1.40. The van der Waals surface area contributed by atoms with Gasteiger partial charge < -0.3 is 15.5 Å². The van der Waals surface area contributed by atoms with Crippen LogP contribution in [-0.4, -0.2) is 60.3 Å². The highest BCUT2D eigenvalue weighted by atomic mass is 16.4. The molecule has 76 valence electrons. The van der Waals surface area contributed by atoms with E-state index in [9.17, 15) is 9.59 Å². The maximum Gasteiger partial charge on any atom is 0.317 e. The van der Waals surface area contributed by atoms with Crippen molar-refractivity contribution in [3.05, 3.63) is 0 Å². The number of nitrogens with one attached hydrogen (secondary N) is 1. The summed E-state index contributed by atoms with van der Waals surface area (Å²) in [6, 6.07) is 0. The van der Waals surface area contributed by atoms with E-state index in [1.54, 1.807) is 7.05 Å². The van der Waals surface area contributed by atoms with Gasteiger partial charge in [-0.15, -0.1) is 0 Å². The third-order valence-electron chi connectivity index (χ3n) is 1.40. The number of likely N-dealkylation sites (N-methyl/N-ethyl adjacent to an activating group) is 1. The molecule has 6 heteroatoms. The number of aliphatic carboxylic acids is 2. The Hall–Kier alpha value is -1.14. The Morgan fingerprint density at radius 3 is 2.00 bits per heavy atom. The minimum absolute atomic E-state index is 0.242. The highest BCUT2D eigenvalue weighted by molar-refractivity contribution is 5.72. The van der Waals surface area contributed by atoms with Gasteiger partial charge in [-0.2, -0.15) is 0 Å². The zero-order chi connectivity index (χ0) is 10.3. The fourth-order valence-corrected chi connectivity index (χ4v) is 0.867. The Bertz CT molecular complexity index is 167. The quantitative estimate of drug-likeness (QED) is 0.461. The maximum absolute atomic E-state index is 10.3. The summed E-state index contributed by atoms with van der Waals surface area (Å²) >= 11 is 0. The van der Waals surface area contributed by atoms with Crippen molar-refractivity contribution in [2.75, 3.05) is 33.2 Å². The van der Waals surface area contributed by atoms with Crippen LogP contribution in [0.2, 0.25) is 0 Å². The topological polar surface area (TPSA) is 89.9 Å². The van der Waals surface area contributed by atoms with Crippen molar-refractivity contribution in [1.82, 2.24) is 10.2 Å². The fraction of sp³-hybridized carbons (Fsp3) is 0.714. The van der Waals surface area contributed by atoms with Crippen LogP contribution in [0, 0.1) is 0 Å². The molecular formula is C7H14N2O4. The van der Waals surface area contributed by atoms with Crippen molar-refractivity contribution in [3.63, 3.8) is 0 Å². The van der Waals surface area contributed by atoms with E-state index in [4.69, 9.17) is 10.2 Å². The summed E-state index contributed by atoms with van der Waals surface area (Å²) in [5, 5.41) is 19.7.